The van der Waals surface area contributed by atoms with Crippen molar-refractivity contribution in [2.24, 2.45) is 17.8 Å². The van der Waals surface area contributed by atoms with Crippen LogP contribution in [0.2, 0.25) is 0 Å². The SMILES string of the molecule is C=C(CNC(C)(C)C)COC1CC(C)CCC1C(C)C. The fraction of sp³-hybridized carbons (Fsp3) is 0.889. The summed E-state index contributed by atoms with van der Waals surface area (Å²) in [7, 11) is 0. The Morgan fingerprint density at radius 3 is 2.50 bits per heavy atom. The Hall–Kier alpha value is -0.340. The molecule has 1 aliphatic carbocycles. The van der Waals surface area contributed by atoms with Gasteiger partial charge in [-0.2, -0.15) is 0 Å². The maximum Gasteiger partial charge on any atom is 0.0690 e. The molecule has 0 radical (unpaired) electrons. The van der Waals surface area contributed by atoms with Crippen LogP contribution in [0.5, 0.6) is 0 Å². The monoisotopic (exact) mass is 281 g/mol. The van der Waals surface area contributed by atoms with Gasteiger partial charge in [-0.15, -0.1) is 0 Å². The van der Waals surface area contributed by atoms with E-state index in [1.54, 1.807) is 0 Å². The van der Waals surface area contributed by atoms with Gasteiger partial charge in [0.05, 0.1) is 12.7 Å². The first-order chi connectivity index (χ1) is 9.19. The average Bonchev–Trinajstić information content (AvgIpc) is 2.32. The van der Waals surface area contributed by atoms with Crippen LogP contribution in [0, 0.1) is 17.8 Å². The molecule has 3 atom stereocenters. The first kappa shape index (κ1) is 17.7. The molecule has 0 aromatic carbocycles. The molecule has 1 rings (SSSR count). The highest BCUT2D eigenvalue weighted by atomic mass is 16.5. The first-order valence-corrected chi connectivity index (χ1v) is 8.22. The Morgan fingerprint density at radius 1 is 1.30 bits per heavy atom. The molecule has 0 heterocycles. The van der Waals surface area contributed by atoms with Gasteiger partial charge in [0.1, 0.15) is 0 Å². The van der Waals surface area contributed by atoms with Crippen LogP contribution in [-0.4, -0.2) is 24.8 Å². The number of hydrogen-bond acceptors (Lipinski definition) is 2. The standard InChI is InChI=1S/C18H35NO/c1-13(2)16-9-8-14(3)10-17(16)20-12-15(4)11-19-18(5,6)7/h13-14,16-17,19H,4,8-12H2,1-3,5-7H3. The molecule has 2 heteroatoms. The van der Waals surface area contributed by atoms with Crippen molar-refractivity contribution in [3.05, 3.63) is 12.2 Å². The van der Waals surface area contributed by atoms with E-state index in [2.05, 4.69) is 53.4 Å². The van der Waals surface area contributed by atoms with Gasteiger partial charge in [0, 0.05) is 12.1 Å². The Kier molecular flexibility index (Phi) is 6.74. The summed E-state index contributed by atoms with van der Waals surface area (Å²) in [6.07, 6.45) is 4.30. The third kappa shape index (κ3) is 6.41. The van der Waals surface area contributed by atoms with E-state index in [0.29, 0.717) is 18.6 Å². The summed E-state index contributed by atoms with van der Waals surface area (Å²) in [5.74, 6) is 2.24. The normalized spacial score (nSPS) is 27.9. The van der Waals surface area contributed by atoms with Crippen LogP contribution in [0.1, 0.15) is 60.8 Å². The van der Waals surface area contributed by atoms with Gasteiger partial charge in [0.25, 0.3) is 0 Å². The summed E-state index contributed by atoms with van der Waals surface area (Å²) in [5.41, 5.74) is 1.30. The summed E-state index contributed by atoms with van der Waals surface area (Å²) in [6, 6.07) is 0. The highest BCUT2D eigenvalue weighted by Crippen LogP contribution is 2.35. The summed E-state index contributed by atoms with van der Waals surface area (Å²) < 4.78 is 6.21. The second kappa shape index (κ2) is 7.61. The minimum Gasteiger partial charge on any atom is -0.374 e. The highest BCUT2D eigenvalue weighted by molar-refractivity contribution is 4.99. The third-order valence-electron chi connectivity index (χ3n) is 4.33. The van der Waals surface area contributed by atoms with Crippen LogP contribution < -0.4 is 5.32 Å². The minimum atomic E-state index is 0.142. The Morgan fingerprint density at radius 2 is 1.95 bits per heavy atom. The molecule has 1 N–H and O–H groups in total. The Balaban J connectivity index is 2.39. The van der Waals surface area contributed by atoms with Gasteiger partial charge in [-0.05, 0) is 56.9 Å². The highest BCUT2D eigenvalue weighted by Gasteiger charge is 2.31. The van der Waals surface area contributed by atoms with E-state index in [-0.39, 0.29) is 5.54 Å². The lowest BCUT2D eigenvalue weighted by Crippen LogP contribution is -2.38. The molecule has 118 valence electrons. The van der Waals surface area contributed by atoms with Gasteiger partial charge in [-0.1, -0.05) is 33.8 Å². The van der Waals surface area contributed by atoms with E-state index in [0.717, 1.165) is 24.0 Å². The molecular weight excluding hydrogens is 246 g/mol. The van der Waals surface area contributed by atoms with Crippen molar-refractivity contribution in [2.75, 3.05) is 13.2 Å². The van der Waals surface area contributed by atoms with E-state index < -0.39 is 0 Å². The average molecular weight is 281 g/mol. The summed E-state index contributed by atoms with van der Waals surface area (Å²) in [5, 5.41) is 3.47. The topological polar surface area (TPSA) is 21.3 Å². The van der Waals surface area contributed by atoms with Crippen LogP contribution in [0.25, 0.3) is 0 Å². The van der Waals surface area contributed by atoms with Crippen molar-refractivity contribution in [1.82, 2.24) is 5.32 Å². The summed E-state index contributed by atoms with van der Waals surface area (Å²) in [6.45, 7) is 19.2. The van der Waals surface area contributed by atoms with E-state index in [9.17, 15) is 0 Å². The van der Waals surface area contributed by atoms with E-state index in [4.69, 9.17) is 4.74 Å². The first-order valence-electron chi connectivity index (χ1n) is 8.22. The maximum absolute atomic E-state index is 6.21. The van der Waals surface area contributed by atoms with Crippen molar-refractivity contribution in [1.29, 1.82) is 0 Å². The zero-order valence-electron chi connectivity index (χ0n) is 14.5. The molecule has 1 aliphatic rings. The van der Waals surface area contributed by atoms with Crippen molar-refractivity contribution in [2.45, 2.75) is 72.4 Å². The van der Waals surface area contributed by atoms with Gasteiger partial charge in [-0.3, -0.25) is 0 Å². The van der Waals surface area contributed by atoms with Gasteiger partial charge >= 0.3 is 0 Å². The lowest BCUT2D eigenvalue weighted by molar-refractivity contribution is -0.0291. The van der Waals surface area contributed by atoms with Gasteiger partial charge in [0.15, 0.2) is 0 Å². The van der Waals surface area contributed by atoms with Crippen LogP contribution in [0.4, 0.5) is 0 Å². The van der Waals surface area contributed by atoms with Crippen LogP contribution in [0.15, 0.2) is 12.2 Å². The number of hydrogen-bond donors (Lipinski definition) is 1. The fourth-order valence-corrected chi connectivity index (χ4v) is 2.97. The van der Waals surface area contributed by atoms with Crippen LogP contribution in [0.3, 0.4) is 0 Å². The van der Waals surface area contributed by atoms with Gasteiger partial charge in [-0.25, -0.2) is 0 Å². The predicted molar refractivity (Wildman–Crippen MR) is 88.0 cm³/mol. The second-order valence-corrected chi connectivity index (χ2v) is 8.03. The second-order valence-electron chi connectivity index (χ2n) is 8.03. The maximum atomic E-state index is 6.21. The zero-order valence-corrected chi connectivity index (χ0v) is 14.5. The van der Waals surface area contributed by atoms with E-state index >= 15 is 0 Å². The Labute approximate surface area is 126 Å². The minimum absolute atomic E-state index is 0.142. The Bertz CT molecular complexity index is 303. The van der Waals surface area contributed by atoms with Gasteiger partial charge < -0.3 is 10.1 Å². The van der Waals surface area contributed by atoms with Crippen LogP contribution >= 0.6 is 0 Å². The molecule has 0 aliphatic heterocycles. The molecule has 0 aromatic heterocycles. The molecule has 0 amide bonds. The van der Waals surface area contributed by atoms with Crippen molar-refractivity contribution >= 4 is 0 Å². The molecule has 3 unspecified atom stereocenters. The summed E-state index contributed by atoms with van der Waals surface area (Å²) in [4.78, 5) is 0. The molecule has 0 spiro atoms. The lowest BCUT2D eigenvalue weighted by atomic mass is 9.75. The number of nitrogens with one attached hydrogen (secondary N) is 1. The molecular formula is C18H35NO. The van der Waals surface area contributed by atoms with Crippen LogP contribution in [-0.2, 0) is 4.74 Å². The lowest BCUT2D eigenvalue weighted by Gasteiger charge is -2.37. The largest absolute Gasteiger partial charge is 0.374 e. The van der Waals surface area contributed by atoms with E-state index in [1.807, 2.05) is 0 Å². The molecule has 1 saturated carbocycles. The van der Waals surface area contributed by atoms with Crippen molar-refractivity contribution in [3.63, 3.8) is 0 Å². The smallest absolute Gasteiger partial charge is 0.0690 e. The molecule has 20 heavy (non-hydrogen) atoms. The molecule has 0 aromatic rings. The van der Waals surface area contributed by atoms with Crippen molar-refractivity contribution < 1.29 is 4.74 Å². The van der Waals surface area contributed by atoms with Gasteiger partial charge in [0.2, 0.25) is 0 Å². The molecule has 2 nitrogen and oxygen atoms in total. The van der Waals surface area contributed by atoms with E-state index in [1.165, 1.54) is 19.3 Å². The molecule has 0 saturated heterocycles. The zero-order chi connectivity index (χ0) is 15.3. The number of rotatable bonds is 6. The summed E-state index contributed by atoms with van der Waals surface area (Å²) >= 11 is 0. The quantitative estimate of drug-likeness (QED) is 0.728. The van der Waals surface area contributed by atoms with Crippen molar-refractivity contribution in [3.8, 4) is 0 Å². The predicted octanol–water partition coefficient (Wildman–Crippen LogP) is 4.41. The molecule has 1 fully saturated rings. The molecule has 0 bridgehead atoms. The number of ether oxygens (including phenoxy) is 1. The fourth-order valence-electron chi connectivity index (χ4n) is 2.97. The third-order valence-corrected chi connectivity index (χ3v) is 4.33.